The third-order valence-electron chi connectivity index (χ3n) is 16.9. The zero-order chi connectivity index (χ0) is 55.1. The molecule has 4 aromatic heterocycles. The number of hydrogen-bond donors (Lipinski definition) is 0. The Balaban J connectivity index is 0.968. The van der Waals surface area contributed by atoms with Crippen LogP contribution in [0.5, 0.6) is 0 Å². The molecule has 0 N–H and O–H groups in total. The number of nitrogens with zero attached hydrogens (tertiary/aromatic N) is 6. The highest BCUT2D eigenvalue weighted by Gasteiger charge is 2.24. The molecule has 1 atom stereocenters. The first-order chi connectivity index (χ1) is 40.9. The monoisotopic (exact) mass is 1060 g/mol. The van der Waals surface area contributed by atoms with Gasteiger partial charge in [0, 0.05) is 54.8 Å². The Morgan fingerprint density at radius 1 is 0.325 bits per heavy atom. The minimum Gasteiger partial charge on any atom is -0.309 e. The van der Waals surface area contributed by atoms with Crippen molar-refractivity contribution >= 4 is 71.0 Å². The van der Waals surface area contributed by atoms with E-state index in [1.54, 1.807) is 0 Å². The summed E-state index contributed by atoms with van der Waals surface area (Å²) in [6, 6.07) is 92.8. The van der Waals surface area contributed by atoms with Crippen molar-refractivity contribution in [3.05, 3.63) is 284 Å². The average Bonchev–Trinajstić information content (AvgIpc) is 4.36. The standard InChI is InChI=1S/C77H54N6/c1-49-23-27-55(28-24-49)75-78-76(56-29-25-50(2)26-30-56)80-77(79-75)83-73-47-61(81-69-39-31-57(51-15-7-3-8-16-51)43-65(69)66-44-58(32-40-70(66)81)52-17-9-4-10-18-52)35-37-63(73)64-38-36-62(48-74(64)83)82-71-41-33-59(53-19-11-5-12-20-53)45-67(71)68-46-60(34-42-72(68)82)54-21-13-6-14-22-54/h3-25,27-48,50H,26H2,1-2H3. The Morgan fingerprint density at radius 3 is 1.10 bits per heavy atom. The Kier molecular flexibility index (Phi) is 11.4. The highest BCUT2D eigenvalue weighted by molar-refractivity contribution is 6.15. The molecule has 4 heterocycles. The van der Waals surface area contributed by atoms with Crippen molar-refractivity contribution in [3.8, 4) is 73.2 Å². The molecule has 392 valence electrons. The normalized spacial score (nSPS) is 13.5. The van der Waals surface area contributed by atoms with E-state index in [0.717, 1.165) is 72.8 Å². The van der Waals surface area contributed by atoms with Crippen molar-refractivity contribution < 1.29 is 0 Å². The van der Waals surface area contributed by atoms with Crippen molar-refractivity contribution in [2.75, 3.05) is 0 Å². The van der Waals surface area contributed by atoms with Gasteiger partial charge in [0.2, 0.25) is 5.95 Å². The van der Waals surface area contributed by atoms with E-state index < -0.39 is 0 Å². The second kappa shape index (κ2) is 19.5. The summed E-state index contributed by atoms with van der Waals surface area (Å²) in [6.45, 7) is 4.36. The molecular weight excluding hydrogens is 1010 g/mol. The maximum atomic E-state index is 5.51. The fourth-order valence-electron chi connectivity index (χ4n) is 12.7. The van der Waals surface area contributed by atoms with Crippen molar-refractivity contribution in [2.24, 2.45) is 5.92 Å². The number of rotatable bonds is 9. The minimum absolute atomic E-state index is 0.428. The van der Waals surface area contributed by atoms with E-state index in [2.05, 4.69) is 301 Å². The molecule has 0 amide bonds. The lowest BCUT2D eigenvalue weighted by Gasteiger charge is -2.15. The van der Waals surface area contributed by atoms with Crippen LogP contribution in [0.4, 0.5) is 0 Å². The summed E-state index contributed by atoms with van der Waals surface area (Å²) in [6.07, 6.45) is 7.62. The molecule has 0 bridgehead atoms. The first-order valence-electron chi connectivity index (χ1n) is 28.6. The highest BCUT2D eigenvalue weighted by Crippen LogP contribution is 2.43. The molecule has 0 fully saturated rings. The summed E-state index contributed by atoms with van der Waals surface area (Å²) < 4.78 is 7.16. The first-order valence-corrected chi connectivity index (χ1v) is 28.6. The van der Waals surface area contributed by atoms with Crippen LogP contribution in [0.25, 0.3) is 144 Å². The Morgan fingerprint density at radius 2 is 0.711 bits per heavy atom. The lowest BCUT2D eigenvalue weighted by molar-refractivity contribution is 0.738. The summed E-state index contributed by atoms with van der Waals surface area (Å²) in [5, 5.41) is 6.96. The molecule has 0 spiro atoms. The second-order valence-corrected chi connectivity index (χ2v) is 22.2. The van der Waals surface area contributed by atoms with Gasteiger partial charge in [-0.3, -0.25) is 4.57 Å². The van der Waals surface area contributed by atoms with E-state index in [1.807, 2.05) is 0 Å². The molecule has 11 aromatic carbocycles. The highest BCUT2D eigenvalue weighted by atomic mass is 15.2. The van der Waals surface area contributed by atoms with E-state index in [4.69, 9.17) is 15.0 Å². The van der Waals surface area contributed by atoms with Crippen molar-refractivity contribution in [1.82, 2.24) is 28.7 Å². The predicted octanol–water partition coefficient (Wildman–Crippen LogP) is 19.8. The number of benzene rings is 11. The summed E-state index contributed by atoms with van der Waals surface area (Å²) in [5.41, 5.74) is 21.1. The SMILES string of the molecule is Cc1ccc(-c2nc(C3=CCC(C)C=C3)nc(-n3c4cc(-n5c6ccc(-c7ccccc7)cc6c6cc(-c7ccccc7)ccc65)ccc4c4ccc(-n5c6ccc(-c7ccccc7)cc6c6cc(-c7ccccc7)ccc65)cc43)n2)cc1. The van der Waals surface area contributed by atoms with Crippen LogP contribution in [-0.4, -0.2) is 28.7 Å². The molecular formula is C77H54N6. The zero-order valence-corrected chi connectivity index (χ0v) is 45.9. The van der Waals surface area contributed by atoms with Crippen LogP contribution in [0.2, 0.25) is 0 Å². The van der Waals surface area contributed by atoms with Crippen LogP contribution in [0.1, 0.15) is 24.7 Å². The number of fused-ring (bicyclic) bond motifs is 9. The van der Waals surface area contributed by atoms with Gasteiger partial charge in [-0.15, -0.1) is 0 Å². The van der Waals surface area contributed by atoms with Crippen LogP contribution in [0, 0.1) is 12.8 Å². The topological polar surface area (TPSA) is 53.5 Å². The van der Waals surface area contributed by atoms with E-state index in [1.165, 1.54) is 71.6 Å². The summed E-state index contributed by atoms with van der Waals surface area (Å²) in [7, 11) is 0. The first kappa shape index (κ1) is 48.2. The van der Waals surface area contributed by atoms with Gasteiger partial charge in [-0.1, -0.05) is 213 Å². The van der Waals surface area contributed by atoms with E-state index in [0.29, 0.717) is 23.5 Å². The molecule has 0 saturated heterocycles. The van der Waals surface area contributed by atoms with Gasteiger partial charge < -0.3 is 9.13 Å². The van der Waals surface area contributed by atoms with Crippen LogP contribution in [0.3, 0.4) is 0 Å². The molecule has 83 heavy (non-hydrogen) atoms. The number of allylic oxidation sites excluding steroid dienone is 4. The minimum atomic E-state index is 0.428. The van der Waals surface area contributed by atoms with Gasteiger partial charge in [-0.25, -0.2) is 4.98 Å². The molecule has 6 nitrogen and oxygen atoms in total. The molecule has 1 aliphatic carbocycles. The molecule has 0 radical (unpaired) electrons. The van der Waals surface area contributed by atoms with Gasteiger partial charge >= 0.3 is 0 Å². The molecule has 15 aromatic rings. The van der Waals surface area contributed by atoms with Gasteiger partial charge in [0.05, 0.1) is 33.1 Å². The third kappa shape index (κ3) is 8.29. The Bertz CT molecular complexity index is 4650. The van der Waals surface area contributed by atoms with Gasteiger partial charge in [0.15, 0.2) is 11.6 Å². The zero-order valence-electron chi connectivity index (χ0n) is 45.9. The molecule has 0 aliphatic heterocycles. The van der Waals surface area contributed by atoms with E-state index in [9.17, 15) is 0 Å². The fraction of sp³-hybridized carbons (Fsp3) is 0.0519. The molecule has 0 saturated carbocycles. The van der Waals surface area contributed by atoms with Crippen molar-refractivity contribution in [2.45, 2.75) is 20.3 Å². The predicted molar refractivity (Wildman–Crippen MR) is 346 cm³/mol. The molecule has 16 rings (SSSR count). The third-order valence-corrected chi connectivity index (χ3v) is 16.9. The van der Waals surface area contributed by atoms with Crippen molar-refractivity contribution in [3.63, 3.8) is 0 Å². The van der Waals surface area contributed by atoms with Crippen LogP contribution in [0.15, 0.2) is 273 Å². The quantitative estimate of drug-likeness (QED) is 0.145. The smallest absolute Gasteiger partial charge is 0.238 e. The maximum absolute atomic E-state index is 5.51. The average molecular weight is 1060 g/mol. The van der Waals surface area contributed by atoms with E-state index in [-0.39, 0.29) is 0 Å². The number of aromatic nitrogens is 6. The van der Waals surface area contributed by atoms with Crippen LogP contribution in [-0.2, 0) is 0 Å². The lowest BCUT2D eigenvalue weighted by atomic mass is 9.98. The molecule has 1 aliphatic rings. The van der Waals surface area contributed by atoms with Gasteiger partial charge in [-0.2, -0.15) is 9.97 Å². The summed E-state index contributed by atoms with van der Waals surface area (Å²) in [4.78, 5) is 16.3. The summed E-state index contributed by atoms with van der Waals surface area (Å²) >= 11 is 0. The van der Waals surface area contributed by atoms with Gasteiger partial charge in [-0.05, 0) is 137 Å². The molecule has 1 unspecified atom stereocenters. The van der Waals surface area contributed by atoms with Crippen LogP contribution >= 0.6 is 0 Å². The summed E-state index contributed by atoms with van der Waals surface area (Å²) in [5.74, 6) is 2.25. The number of hydrogen-bond acceptors (Lipinski definition) is 3. The Hall–Kier alpha value is -10.7. The van der Waals surface area contributed by atoms with Gasteiger partial charge in [0.25, 0.3) is 0 Å². The van der Waals surface area contributed by atoms with Crippen LogP contribution < -0.4 is 0 Å². The maximum Gasteiger partial charge on any atom is 0.238 e. The van der Waals surface area contributed by atoms with Crippen molar-refractivity contribution in [1.29, 1.82) is 0 Å². The second-order valence-electron chi connectivity index (χ2n) is 22.2. The fourth-order valence-corrected chi connectivity index (χ4v) is 12.7. The lowest BCUT2D eigenvalue weighted by Crippen LogP contribution is -2.09. The number of aryl methyl sites for hydroxylation is 1. The molecule has 6 heteroatoms. The largest absolute Gasteiger partial charge is 0.309 e. The van der Waals surface area contributed by atoms with E-state index >= 15 is 0 Å². The Labute approximate surface area is 480 Å². The van der Waals surface area contributed by atoms with Gasteiger partial charge in [0.1, 0.15) is 0 Å².